The fourth-order valence-electron chi connectivity index (χ4n) is 1.76. The molecule has 6 nitrogen and oxygen atoms in total. The topological polar surface area (TPSA) is 79.2 Å². The van der Waals surface area contributed by atoms with Crippen LogP contribution in [0.5, 0.6) is 0 Å². The van der Waals surface area contributed by atoms with Crippen molar-refractivity contribution < 1.29 is 32.6 Å². The lowest BCUT2D eigenvalue weighted by molar-refractivity contribution is -0.302. The van der Waals surface area contributed by atoms with Gasteiger partial charge in [0, 0.05) is 12.1 Å². The Labute approximate surface area is 113 Å². The average molecular weight is 296 g/mol. The Balaban J connectivity index is 3.09. The molecule has 1 atom stereocenters. The Kier molecular flexibility index (Phi) is 4.74. The van der Waals surface area contributed by atoms with E-state index in [-0.39, 0.29) is 23.7 Å². The quantitative estimate of drug-likeness (QED) is 0.626. The molecular weight excluding hydrogens is 281 g/mol. The lowest BCUT2D eigenvalue weighted by Gasteiger charge is -2.31. The van der Waals surface area contributed by atoms with Gasteiger partial charge in [0.05, 0.1) is 6.61 Å². The van der Waals surface area contributed by atoms with Gasteiger partial charge in [0.15, 0.2) is 0 Å². The fourth-order valence-corrected chi connectivity index (χ4v) is 1.76. The molecule has 0 fully saturated rings. The monoisotopic (exact) mass is 296 g/mol. The molecule has 20 heavy (non-hydrogen) atoms. The molecule has 1 aliphatic rings. The second kappa shape index (κ2) is 5.78. The van der Waals surface area contributed by atoms with Crippen LogP contribution in [0.4, 0.5) is 13.2 Å². The number of amides is 1. The van der Waals surface area contributed by atoms with E-state index in [9.17, 15) is 27.9 Å². The minimum absolute atomic E-state index is 0.00461. The van der Waals surface area contributed by atoms with Crippen molar-refractivity contribution in [2.75, 3.05) is 6.61 Å². The third-order valence-electron chi connectivity index (χ3n) is 2.68. The number of alkyl halides is 3. The highest BCUT2D eigenvalue weighted by Crippen LogP contribution is 2.40. The summed E-state index contributed by atoms with van der Waals surface area (Å²) in [6.45, 7) is 2.94. The van der Waals surface area contributed by atoms with Crippen LogP contribution < -0.4 is 0 Å². The number of aliphatic hydroxyl groups is 1. The minimum atomic E-state index is -5.13. The molecule has 0 aromatic carbocycles. The summed E-state index contributed by atoms with van der Waals surface area (Å²) in [5.41, 5.74) is -3.49. The highest BCUT2D eigenvalue weighted by atomic mass is 19.4. The van der Waals surface area contributed by atoms with Crippen LogP contribution in [-0.4, -0.2) is 46.2 Å². The SMILES string of the molecule is CCCC1=NN(C(=O)C(=O)OCC)[C@@](O)(C(F)(F)F)C1. The molecule has 0 spiro atoms. The Bertz CT molecular complexity index is 436. The van der Waals surface area contributed by atoms with Gasteiger partial charge in [-0.2, -0.15) is 23.3 Å². The molecule has 0 aromatic rings. The van der Waals surface area contributed by atoms with Gasteiger partial charge >= 0.3 is 18.1 Å². The summed E-state index contributed by atoms with van der Waals surface area (Å²) < 4.78 is 43.2. The zero-order valence-electron chi connectivity index (χ0n) is 11.0. The molecular formula is C11H15F3N2O4. The number of esters is 1. The van der Waals surface area contributed by atoms with E-state index in [2.05, 4.69) is 9.84 Å². The van der Waals surface area contributed by atoms with E-state index in [0.29, 0.717) is 6.42 Å². The van der Waals surface area contributed by atoms with Crippen LogP contribution in [-0.2, 0) is 14.3 Å². The molecule has 0 saturated carbocycles. The number of nitrogens with zero attached hydrogens (tertiary/aromatic N) is 2. The lowest BCUT2D eigenvalue weighted by Crippen LogP contribution is -2.58. The second-order valence-electron chi connectivity index (χ2n) is 4.24. The Morgan fingerprint density at radius 2 is 2.05 bits per heavy atom. The number of rotatable bonds is 3. The van der Waals surface area contributed by atoms with Crippen molar-refractivity contribution in [1.82, 2.24) is 5.01 Å². The highest BCUT2D eigenvalue weighted by molar-refractivity contribution is 6.32. The maximum Gasteiger partial charge on any atom is 0.438 e. The summed E-state index contributed by atoms with van der Waals surface area (Å²) in [7, 11) is 0. The number of hydrogen-bond donors (Lipinski definition) is 1. The van der Waals surface area contributed by atoms with Gasteiger partial charge in [0.2, 0.25) is 0 Å². The Hall–Kier alpha value is -1.64. The number of carbonyl (C=O) groups excluding carboxylic acids is 2. The van der Waals surface area contributed by atoms with Gasteiger partial charge in [0.1, 0.15) is 0 Å². The summed E-state index contributed by atoms with van der Waals surface area (Å²) in [5.74, 6) is -3.13. The lowest BCUT2D eigenvalue weighted by atomic mass is 10.0. The largest absolute Gasteiger partial charge is 0.459 e. The van der Waals surface area contributed by atoms with E-state index in [4.69, 9.17) is 0 Å². The van der Waals surface area contributed by atoms with E-state index in [1.165, 1.54) is 6.92 Å². The van der Waals surface area contributed by atoms with Crippen LogP contribution in [0.25, 0.3) is 0 Å². The summed E-state index contributed by atoms with van der Waals surface area (Å²) in [6, 6.07) is 0. The van der Waals surface area contributed by atoms with Crippen molar-refractivity contribution in [3.8, 4) is 0 Å². The predicted octanol–water partition coefficient (Wildman–Crippen LogP) is 1.19. The summed E-state index contributed by atoms with van der Waals surface area (Å²) in [5, 5.41) is 12.9. The maximum absolute atomic E-state index is 12.9. The average Bonchev–Trinajstić information content (AvgIpc) is 2.67. The van der Waals surface area contributed by atoms with Gasteiger partial charge in [-0.3, -0.25) is 4.79 Å². The van der Waals surface area contributed by atoms with Crippen molar-refractivity contribution >= 4 is 17.6 Å². The molecule has 1 aliphatic heterocycles. The van der Waals surface area contributed by atoms with Crippen LogP contribution >= 0.6 is 0 Å². The third-order valence-corrected chi connectivity index (χ3v) is 2.68. The van der Waals surface area contributed by atoms with Gasteiger partial charge < -0.3 is 9.84 Å². The second-order valence-corrected chi connectivity index (χ2v) is 4.24. The minimum Gasteiger partial charge on any atom is -0.459 e. The predicted molar refractivity (Wildman–Crippen MR) is 61.4 cm³/mol. The molecule has 0 unspecified atom stereocenters. The Morgan fingerprint density at radius 1 is 1.45 bits per heavy atom. The summed E-state index contributed by atoms with van der Waals surface area (Å²) in [4.78, 5) is 22.9. The van der Waals surface area contributed by atoms with Crippen LogP contribution in [0.3, 0.4) is 0 Å². The molecule has 114 valence electrons. The van der Waals surface area contributed by atoms with Gasteiger partial charge in [0.25, 0.3) is 5.72 Å². The van der Waals surface area contributed by atoms with Gasteiger partial charge in [-0.1, -0.05) is 13.3 Å². The van der Waals surface area contributed by atoms with E-state index in [0.717, 1.165) is 0 Å². The molecule has 1 N–H and O–H groups in total. The number of ether oxygens (including phenoxy) is 1. The first-order valence-electron chi connectivity index (χ1n) is 6.04. The van der Waals surface area contributed by atoms with E-state index in [1.54, 1.807) is 6.92 Å². The molecule has 9 heteroatoms. The number of hydrogen-bond acceptors (Lipinski definition) is 5. The van der Waals surface area contributed by atoms with E-state index in [1.807, 2.05) is 0 Å². The first-order chi connectivity index (χ1) is 9.17. The third kappa shape index (κ3) is 2.92. The molecule has 1 rings (SSSR count). The van der Waals surface area contributed by atoms with Crippen molar-refractivity contribution in [1.29, 1.82) is 0 Å². The number of halogens is 3. The summed E-state index contributed by atoms with van der Waals surface area (Å²) >= 11 is 0. The van der Waals surface area contributed by atoms with Gasteiger partial charge in [-0.05, 0) is 13.3 Å². The van der Waals surface area contributed by atoms with E-state index < -0.39 is 30.2 Å². The van der Waals surface area contributed by atoms with Crippen LogP contribution in [0.2, 0.25) is 0 Å². The van der Waals surface area contributed by atoms with E-state index >= 15 is 0 Å². The zero-order chi connectivity index (χ0) is 15.6. The van der Waals surface area contributed by atoms with Crippen molar-refractivity contribution in [3.63, 3.8) is 0 Å². The molecule has 0 saturated heterocycles. The molecule has 0 aromatic heterocycles. The fraction of sp³-hybridized carbons (Fsp3) is 0.727. The number of hydrazone groups is 1. The standard InChI is InChI=1S/C11H15F3N2O4/c1-3-5-7-6-10(19,11(12,13)14)16(15-7)8(17)9(18)20-4-2/h19H,3-6H2,1-2H3/t10-/m0/s1. The normalized spacial score (nSPS) is 22.7. The maximum atomic E-state index is 12.9. The zero-order valence-corrected chi connectivity index (χ0v) is 11.0. The van der Waals surface area contributed by atoms with Crippen LogP contribution in [0, 0.1) is 0 Å². The number of carbonyl (C=O) groups is 2. The van der Waals surface area contributed by atoms with Crippen molar-refractivity contribution in [2.24, 2.45) is 5.10 Å². The smallest absolute Gasteiger partial charge is 0.438 e. The van der Waals surface area contributed by atoms with Gasteiger partial charge in [-0.15, -0.1) is 0 Å². The van der Waals surface area contributed by atoms with Crippen molar-refractivity contribution in [3.05, 3.63) is 0 Å². The van der Waals surface area contributed by atoms with Gasteiger partial charge in [-0.25, -0.2) is 4.79 Å². The Morgan fingerprint density at radius 3 is 2.50 bits per heavy atom. The summed E-state index contributed by atoms with van der Waals surface area (Å²) in [6.07, 6.45) is -5.32. The highest BCUT2D eigenvalue weighted by Gasteiger charge is 2.63. The first-order valence-corrected chi connectivity index (χ1v) is 6.04. The van der Waals surface area contributed by atoms with Crippen molar-refractivity contribution in [2.45, 2.75) is 45.0 Å². The molecule has 0 radical (unpaired) electrons. The first kappa shape index (κ1) is 16.4. The van der Waals surface area contributed by atoms with Crippen LogP contribution in [0.1, 0.15) is 33.1 Å². The van der Waals surface area contributed by atoms with Crippen LogP contribution in [0.15, 0.2) is 5.10 Å². The molecule has 1 amide bonds. The molecule has 1 heterocycles. The molecule has 0 bridgehead atoms. The molecule has 0 aliphatic carbocycles.